The number of fused-ring (bicyclic) bond motifs is 1. The maximum atomic E-state index is 5.91. The Hall–Kier alpha value is -2.47. The number of rotatable bonds is 2. The van der Waals surface area contributed by atoms with Crippen LogP contribution in [0.1, 0.15) is 5.56 Å². The van der Waals surface area contributed by atoms with Crippen LogP contribution in [-0.4, -0.2) is 24.1 Å². The van der Waals surface area contributed by atoms with Crippen LogP contribution < -0.4 is 20.2 Å². The molecule has 2 aromatic rings. The lowest BCUT2D eigenvalue weighted by Gasteiger charge is -2.01. The maximum absolute atomic E-state index is 5.91. The van der Waals surface area contributed by atoms with E-state index in [1.165, 1.54) is 11.8 Å². The number of nitrogens with one attached hydrogen (secondary N) is 1. The highest BCUT2D eigenvalue weighted by Gasteiger charge is 2.17. The average Bonchev–Trinajstić information content (AvgIpc) is 3.02. The number of para-hydroxylation sites is 1. The van der Waals surface area contributed by atoms with E-state index >= 15 is 0 Å². The van der Waals surface area contributed by atoms with Gasteiger partial charge in [0.05, 0.1) is 5.56 Å². The van der Waals surface area contributed by atoms with Crippen molar-refractivity contribution in [1.82, 2.24) is 0 Å². The summed E-state index contributed by atoms with van der Waals surface area (Å²) in [6.07, 6.45) is 1.90. The van der Waals surface area contributed by atoms with Crippen molar-refractivity contribution in [1.29, 1.82) is 0 Å². The Bertz CT molecular complexity index is 729. The number of ether oxygens (including phenoxy) is 2. The number of nitrogens with two attached hydrogens (primary N) is 1. The third kappa shape index (κ3) is 3.23. The average molecular weight is 314 g/mol. The molecular formula is C16H16N3O2S+. The van der Waals surface area contributed by atoms with E-state index in [9.17, 15) is 0 Å². The molecule has 0 unspecified atom stereocenters. The summed E-state index contributed by atoms with van der Waals surface area (Å²) in [5, 5.41) is 0.576. The van der Waals surface area contributed by atoms with Crippen LogP contribution in [-0.2, 0) is 0 Å². The van der Waals surface area contributed by atoms with E-state index in [4.69, 9.17) is 15.2 Å². The number of amidine groups is 2. The van der Waals surface area contributed by atoms with Gasteiger partial charge in [-0.05, 0) is 36.6 Å². The molecule has 1 aliphatic heterocycles. The van der Waals surface area contributed by atoms with Gasteiger partial charge in [-0.15, -0.1) is 4.99 Å². The zero-order valence-corrected chi connectivity index (χ0v) is 12.9. The molecule has 6 heteroatoms. The maximum Gasteiger partial charge on any atom is 0.268 e. The molecule has 0 aliphatic carbocycles. The predicted molar refractivity (Wildman–Crippen MR) is 88.9 cm³/mol. The van der Waals surface area contributed by atoms with Crippen molar-refractivity contribution in [2.75, 3.05) is 13.0 Å². The lowest BCUT2D eigenvalue weighted by Crippen LogP contribution is -2.78. The molecule has 0 aromatic heterocycles. The van der Waals surface area contributed by atoms with Crippen LogP contribution in [0.15, 0.2) is 53.5 Å². The summed E-state index contributed by atoms with van der Waals surface area (Å²) < 4.78 is 10.8. The number of aliphatic imine (C=N–C) groups is 1. The molecule has 0 saturated carbocycles. The minimum atomic E-state index is 0.246. The molecule has 3 rings (SSSR count). The molecule has 5 nitrogen and oxygen atoms in total. The standard InChI is InChI=1S/C16H15N3O2S/c1-22-16(17)19-15(18-12-5-3-2-4-6-12)11-7-8-13-14(9-11)21-10-20-13/h2-9H,10H2,1H3,(H2,17,18,19)/p+1. The smallest absolute Gasteiger partial charge is 0.268 e. The molecule has 1 aliphatic rings. The Labute approximate surface area is 132 Å². The van der Waals surface area contributed by atoms with E-state index in [2.05, 4.69) is 9.98 Å². The minimum absolute atomic E-state index is 0.246. The van der Waals surface area contributed by atoms with Gasteiger partial charge in [0.25, 0.3) is 11.0 Å². The van der Waals surface area contributed by atoms with Gasteiger partial charge < -0.3 is 15.2 Å². The molecule has 0 spiro atoms. The van der Waals surface area contributed by atoms with E-state index in [0.717, 1.165) is 17.0 Å². The first kappa shape index (κ1) is 14.5. The van der Waals surface area contributed by atoms with Gasteiger partial charge in [0, 0.05) is 0 Å². The number of hydrogen-bond acceptors (Lipinski definition) is 4. The third-order valence-corrected chi connectivity index (χ3v) is 3.65. The molecule has 0 bridgehead atoms. The third-order valence-electron chi connectivity index (χ3n) is 3.10. The zero-order valence-electron chi connectivity index (χ0n) is 12.1. The SMILES string of the molecule is CSC(N)=[NH+]C(=Nc1ccccc1)c1ccc2c(c1)OCO2. The number of benzene rings is 2. The van der Waals surface area contributed by atoms with Crippen molar-refractivity contribution in [2.24, 2.45) is 10.7 Å². The van der Waals surface area contributed by atoms with E-state index < -0.39 is 0 Å². The molecule has 0 atom stereocenters. The summed E-state index contributed by atoms with van der Waals surface area (Å²) in [5.41, 5.74) is 7.63. The highest BCUT2D eigenvalue weighted by Crippen LogP contribution is 2.32. The summed E-state index contributed by atoms with van der Waals surface area (Å²) >= 11 is 1.43. The minimum Gasteiger partial charge on any atom is -0.454 e. The van der Waals surface area contributed by atoms with Crippen molar-refractivity contribution >= 4 is 28.5 Å². The van der Waals surface area contributed by atoms with Gasteiger partial charge in [-0.3, -0.25) is 0 Å². The first-order chi connectivity index (χ1) is 10.8. The Morgan fingerprint density at radius 1 is 1.14 bits per heavy atom. The summed E-state index contributed by atoms with van der Waals surface area (Å²) in [6.45, 7) is 0.246. The van der Waals surface area contributed by atoms with E-state index in [0.29, 0.717) is 16.8 Å². The predicted octanol–water partition coefficient (Wildman–Crippen LogP) is 1.25. The van der Waals surface area contributed by atoms with Crippen molar-refractivity contribution in [2.45, 2.75) is 0 Å². The van der Waals surface area contributed by atoms with Gasteiger partial charge >= 0.3 is 0 Å². The van der Waals surface area contributed by atoms with E-state index in [1.807, 2.05) is 54.8 Å². The zero-order chi connectivity index (χ0) is 15.4. The van der Waals surface area contributed by atoms with Gasteiger partial charge in [0.2, 0.25) is 6.79 Å². The van der Waals surface area contributed by atoms with Crippen molar-refractivity contribution in [3.05, 3.63) is 54.1 Å². The second-order valence-electron chi connectivity index (χ2n) is 4.56. The first-order valence-corrected chi connectivity index (χ1v) is 7.96. The largest absolute Gasteiger partial charge is 0.454 e. The van der Waals surface area contributed by atoms with Crippen LogP contribution >= 0.6 is 11.8 Å². The topological polar surface area (TPSA) is 70.8 Å². The van der Waals surface area contributed by atoms with Crippen LogP contribution in [0.2, 0.25) is 0 Å². The molecule has 112 valence electrons. The molecule has 2 aromatic carbocycles. The van der Waals surface area contributed by atoms with Crippen molar-refractivity contribution in [3.63, 3.8) is 0 Å². The molecule has 22 heavy (non-hydrogen) atoms. The molecule has 3 N–H and O–H groups in total. The summed E-state index contributed by atoms with van der Waals surface area (Å²) in [7, 11) is 0. The quantitative estimate of drug-likeness (QED) is 0.646. The molecule has 1 heterocycles. The van der Waals surface area contributed by atoms with Crippen LogP contribution in [0, 0.1) is 0 Å². The van der Waals surface area contributed by atoms with Gasteiger partial charge in [-0.1, -0.05) is 30.0 Å². The van der Waals surface area contributed by atoms with Gasteiger partial charge in [-0.25, -0.2) is 4.99 Å². The molecular weight excluding hydrogens is 298 g/mol. The van der Waals surface area contributed by atoms with E-state index in [-0.39, 0.29) is 6.79 Å². The second kappa shape index (κ2) is 6.53. The molecule has 0 saturated heterocycles. The van der Waals surface area contributed by atoms with Crippen molar-refractivity contribution in [3.8, 4) is 11.5 Å². The van der Waals surface area contributed by atoms with Crippen LogP contribution in [0.3, 0.4) is 0 Å². The fourth-order valence-corrected chi connectivity index (χ4v) is 2.21. The number of hydrogen-bond donors (Lipinski definition) is 2. The summed E-state index contributed by atoms with van der Waals surface area (Å²) in [4.78, 5) is 7.77. The summed E-state index contributed by atoms with van der Waals surface area (Å²) in [5.74, 6) is 2.11. The molecule has 0 radical (unpaired) electrons. The van der Waals surface area contributed by atoms with Crippen molar-refractivity contribution < 1.29 is 14.5 Å². The van der Waals surface area contributed by atoms with Gasteiger partial charge in [0.1, 0.15) is 5.69 Å². The normalized spacial score (nSPS) is 14.2. The number of thioether (sulfide) groups is 1. The lowest BCUT2D eigenvalue weighted by molar-refractivity contribution is -0.311. The Kier molecular flexibility index (Phi) is 4.29. The van der Waals surface area contributed by atoms with E-state index in [1.54, 1.807) is 0 Å². The summed E-state index contributed by atoms with van der Waals surface area (Å²) in [6, 6.07) is 15.4. The first-order valence-electron chi connectivity index (χ1n) is 6.73. The Morgan fingerprint density at radius 3 is 2.68 bits per heavy atom. The highest BCUT2D eigenvalue weighted by atomic mass is 32.2. The van der Waals surface area contributed by atoms with Crippen LogP contribution in [0.5, 0.6) is 11.5 Å². The van der Waals surface area contributed by atoms with Gasteiger partial charge in [-0.2, -0.15) is 0 Å². The van der Waals surface area contributed by atoms with Crippen LogP contribution in [0.4, 0.5) is 5.69 Å². The fraction of sp³-hybridized carbons (Fsp3) is 0.125. The number of nitrogens with zero attached hydrogens (tertiary/aromatic N) is 1. The lowest BCUT2D eigenvalue weighted by atomic mass is 10.2. The Balaban J connectivity index is 2.04. The Morgan fingerprint density at radius 2 is 1.91 bits per heavy atom. The fourth-order valence-electron chi connectivity index (χ4n) is 2.01. The molecule has 0 fully saturated rings. The monoisotopic (exact) mass is 314 g/mol. The highest BCUT2D eigenvalue weighted by molar-refractivity contribution is 8.12. The van der Waals surface area contributed by atoms with Crippen LogP contribution in [0.25, 0.3) is 0 Å². The van der Waals surface area contributed by atoms with Gasteiger partial charge in [0.15, 0.2) is 11.5 Å². The second-order valence-corrected chi connectivity index (χ2v) is 5.41. The molecule has 0 amide bonds.